The smallest absolute Gasteiger partial charge is 0.169 e. The van der Waals surface area contributed by atoms with Crippen LogP contribution in [0.15, 0.2) is 24.3 Å². The topological polar surface area (TPSA) is 60.8 Å². The van der Waals surface area contributed by atoms with Gasteiger partial charge in [0.1, 0.15) is 5.82 Å². The fourth-order valence-electron chi connectivity index (χ4n) is 2.39. The Morgan fingerprint density at radius 1 is 1.37 bits per heavy atom. The summed E-state index contributed by atoms with van der Waals surface area (Å²) in [7, 11) is 0. The highest BCUT2D eigenvalue weighted by molar-refractivity contribution is 5.98. The molecule has 3 atom stereocenters. The van der Waals surface area contributed by atoms with Gasteiger partial charge in [0.05, 0.1) is 17.8 Å². The van der Waals surface area contributed by atoms with E-state index in [0.717, 1.165) is 0 Å². The van der Waals surface area contributed by atoms with Gasteiger partial charge in [0.2, 0.25) is 0 Å². The first-order valence-electron chi connectivity index (χ1n) is 6.36. The molecular formula is C14H18FNO3. The van der Waals surface area contributed by atoms with Crippen molar-refractivity contribution in [3.05, 3.63) is 35.6 Å². The summed E-state index contributed by atoms with van der Waals surface area (Å²) >= 11 is 0. The molecule has 1 fully saturated rings. The molecule has 1 heterocycles. The van der Waals surface area contributed by atoms with Crippen molar-refractivity contribution >= 4 is 5.78 Å². The van der Waals surface area contributed by atoms with E-state index in [0.29, 0.717) is 19.6 Å². The van der Waals surface area contributed by atoms with Crippen LogP contribution in [0.2, 0.25) is 0 Å². The summed E-state index contributed by atoms with van der Waals surface area (Å²) < 4.78 is 13.5. The van der Waals surface area contributed by atoms with E-state index >= 15 is 0 Å². The predicted molar refractivity (Wildman–Crippen MR) is 68.3 cm³/mol. The Labute approximate surface area is 111 Å². The second-order valence-electron chi connectivity index (χ2n) is 5.10. The number of Topliss-reactive ketones (excluding diaryl/α,β-unsaturated/α-hetero) is 1. The molecule has 0 bridgehead atoms. The standard InChI is InChI=1S/C14H18FNO3/c1-9(6-16-7-12(17)13(18)8-16)14(19)10-4-2-3-5-11(10)15/h2-5,9,12-13,17-18H,6-8H2,1H3. The fraction of sp³-hybridized carbons (Fsp3) is 0.500. The molecular weight excluding hydrogens is 249 g/mol. The minimum absolute atomic E-state index is 0.0929. The Morgan fingerprint density at radius 2 is 1.95 bits per heavy atom. The van der Waals surface area contributed by atoms with Gasteiger partial charge in [-0.05, 0) is 12.1 Å². The molecule has 19 heavy (non-hydrogen) atoms. The molecule has 1 aromatic rings. The van der Waals surface area contributed by atoms with Crippen LogP contribution < -0.4 is 0 Å². The van der Waals surface area contributed by atoms with E-state index in [9.17, 15) is 19.4 Å². The quantitative estimate of drug-likeness (QED) is 0.788. The van der Waals surface area contributed by atoms with Crippen LogP contribution in [0.4, 0.5) is 4.39 Å². The zero-order valence-electron chi connectivity index (χ0n) is 10.8. The molecule has 2 N–H and O–H groups in total. The van der Waals surface area contributed by atoms with E-state index in [1.807, 2.05) is 4.90 Å². The summed E-state index contributed by atoms with van der Waals surface area (Å²) in [4.78, 5) is 13.9. The van der Waals surface area contributed by atoms with Gasteiger partial charge in [0, 0.05) is 25.6 Å². The minimum atomic E-state index is -0.768. The molecule has 0 aliphatic carbocycles. The molecule has 1 aliphatic rings. The maximum absolute atomic E-state index is 13.5. The molecule has 1 aromatic carbocycles. The van der Waals surface area contributed by atoms with Crippen molar-refractivity contribution in [2.45, 2.75) is 19.1 Å². The summed E-state index contributed by atoms with van der Waals surface area (Å²) in [6, 6.07) is 5.92. The predicted octanol–water partition coefficient (Wildman–Crippen LogP) is 0.682. The molecule has 0 spiro atoms. The first-order chi connectivity index (χ1) is 8.99. The van der Waals surface area contributed by atoms with Gasteiger partial charge >= 0.3 is 0 Å². The Bertz CT molecular complexity index is 456. The summed E-state index contributed by atoms with van der Waals surface area (Å²) in [5.74, 6) is -1.15. The highest BCUT2D eigenvalue weighted by atomic mass is 19.1. The average Bonchev–Trinajstić information content (AvgIpc) is 2.68. The minimum Gasteiger partial charge on any atom is -0.389 e. The largest absolute Gasteiger partial charge is 0.389 e. The van der Waals surface area contributed by atoms with Crippen molar-refractivity contribution in [3.8, 4) is 0 Å². The van der Waals surface area contributed by atoms with Crippen LogP contribution in [0.1, 0.15) is 17.3 Å². The Morgan fingerprint density at radius 3 is 2.53 bits per heavy atom. The van der Waals surface area contributed by atoms with Crippen LogP contribution in [0, 0.1) is 11.7 Å². The number of β-amino-alcohol motifs (C(OH)–C–C–N with tert-alkyl or cyclic N) is 2. The van der Waals surface area contributed by atoms with Gasteiger partial charge in [0.15, 0.2) is 5.78 Å². The van der Waals surface area contributed by atoms with Gasteiger partial charge in [-0.3, -0.25) is 9.69 Å². The lowest BCUT2D eigenvalue weighted by Gasteiger charge is -2.19. The normalized spacial score (nSPS) is 25.5. The molecule has 0 amide bonds. The second kappa shape index (κ2) is 5.77. The Balaban J connectivity index is 1.99. The van der Waals surface area contributed by atoms with Gasteiger partial charge < -0.3 is 10.2 Å². The lowest BCUT2D eigenvalue weighted by Crippen LogP contribution is -2.31. The van der Waals surface area contributed by atoms with Crippen molar-refractivity contribution in [1.82, 2.24) is 4.90 Å². The van der Waals surface area contributed by atoms with Gasteiger partial charge in [-0.1, -0.05) is 19.1 Å². The van der Waals surface area contributed by atoms with Crippen LogP contribution in [-0.2, 0) is 0 Å². The molecule has 2 rings (SSSR count). The Kier molecular flexibility index (Phi) is 4.29. The fourth-order valence-corrected chi connectivity index (χ4v) is 2.39. The SMILES string of the molecule is CC(CN1CC(O)C(O)C1)C(=O)c1ccccc1F. The number of ketones is 1. The summed E-state index contributed by atoms with van der Waals surface area (Å²) in [5, 5.41) is 18.9. The number of aliphatic hydroxyl groups excluding tert-OH is 2. The van der Waals surface area contributed by atoms with Crippen LogP contribution in [-0.4, -0.2) is 52.7 Å². The number of aliphatic hydroxyl groups is 2. The molecule has 1 saturated heterocycles. The lowest BCUT2D eigenvalue weighted by atomic mass is 9.98. The van der Waals surface area contributed by atoms with Gasteiger partial charge in [-0.2, -0.15) is 0 Å². The maximum atomic E-state index is 13.5. The van der Waals surface area contributed by atoms with E-state index in [1.165, 1.54) is 12.1 Å². The summed E-state index contributed by atoms with van der Waals surface area (Å²) in [6.07, 6.45) is -1.54. The third-order valence-corrected chi connectivity index (χ3v) is 3.45. The number of likely N-dealkylation sites (tertiary alicyclic amines) is 1. The number of carbonyl (C=O) groups excluding carboxylic acids is 1. The lowest BCUT2D eigenvalue weighted by molar-refractivity contribution is 0.0572. The van der Waals surface area contributed by atoms with E-state index in [2.05, 4.69) is 0 Å². The number of benzene rings is 1. The maximum Gasteiger partial charge on any atom is 0.169 e. The first kappa shape index (κ1) is 14.1. The second-order valence-corrected chi connectivity index (χ2v) is 5.10. The number of carbonyl (C=O) groups is 1. The van der Waals surface area contributed by atoms with Crippen molar-refractivity contribution in [1.29, 1.82) is 0 Å². The zero-order chi connectivity index (χ0) is 14.0. The van der Waals surface area contributed by atoms with Crippen LogP contribution in [0.3, 0.4) is 0 Å². The monoisotopic (exact) mass is 267 g/mol. The first-order valence-corrected chi connectivity index (χ1v) is 6.36. The molecule has 3 unspecified atom stereocenters. The van der Waals surface area contributed by atoms with Gasteiger partial charge in [-0.15, -0.1) is 0 Å². The highest BCUT2D eigenvalue weighted by Gasteiger charge is 2.31. The Hall–Kier alpha value is -1.30. The van der Waals surface area contributed by atoms with Crippen LogP contribution in [0.5, 0.6) is 0 Å². The number of hydrogen-bond donors (Lipinski definition) is 2. The van der Waals surface area contributed by atoms with E-state index in [4.69, 9.17) is 0 Å². The van der Waals surface area contributed by atoms with Gasteiger partial charge in [0.25, 0.3) is 0 Å². The van der Waals surface area contributed by atoms with Crippen molar-refractivity contribution < 1.29 is 19.4 Å². The van der Waals surface area contributed by atoms with Crippen LogP contribution in [0.25, 0.3) is 0 Å². The summed E-state index contributed by atoms with van der Waals surface area (Å²) in [5.41, 5.74) is 0.0929. The van der Waals surface area contributed by atoms with Crippen molar-refractivity contribution in [2.75, 3.05) is 19.6 Å². The van der Waals surface area contributed by atoms with Crippen LogP contribution >= 0.6 is 0 Å². The number of halogens is 1. The molecule has 104 valence electrons. The number of hydrogen-bond acceptors (Lipinski definition) is 4. The van der Waals surface area contributed by atoms with Crippen molar-refractivity contribution in [3.63, 3.8) is 0 Å². The third kappa shape index (κ3) is 3.18. The number of rotatable bonds is 4. The van der Waals surface area contributed by atoms with E-state index in [-0.39, 0.29) is 17.3 Å². The molecule has 1 aliphatic heterocycles. The van der Waals surface area contributed by atoms with Gasteiger partial charge in [-0.25, -0.2) is 4.39 Å². The van der Waals surface area contributed by atoms with Crippen molar-refractivity contribution in [2.24, 2.45) is 5.92 Å². The average molecular weight is 267 g/mol. The molecule has 0 aromatic heterocycles. The molecule has 0 saturated carbocycles. The molecule has 5 heteroatoms. The number of nitrogens with zero attached hydrogens (tertiary/aromatic N) is 1. The zero-order valence-corrected chi connectivity index (χ0v) is 10.8. The van der Waals surface area contributed by atoms with E-state index < -0.39 is 18.0 Å². The molecule has 4 nitrogen and oxygen atoms in total. The summed E-state index contributed by atoms with van der Waals surface area (Å²) in [6.45, 7) is 2.82. The third-order valence-electron chi connectivity index (χ3n) is 3.45. The highest BCUT2D eigenvalue weighted by Crippen LogP contribution is 2.17. The molecule has 0 radical (unpaired) electrons. The van der Waals surface area contributed by atoms with E-state index in [1.54, 1.807) is 19.1 Å².